The number of alkyl halides is 3. The Morgan fingerprint density at radius 3 is 2.77 bits per heavy atom. The van der Waals surface area contributed by atoms with Gasteiger partial charge in [0.05, 0.1) is 18.3 Å². The average Bonchev–Trinajstić information content (AvgIpc) is 3.07. The van der Waals surface area contributed by atoms with Gasteiger partial charge in [-0.05, 0) is 42.0 Å². The van der Waals surface area contributed by atoms with Crippen molar-refractivity contribution in [3.8, 4) is 11.5 Å². The number of nitrogens with zero attached hydrogens (tertiary/aromatic N) is 1. The zero-order valence-corrected chi connectivity index (χ0v) is 13.3. The third kappa shape index (κ3) is 4.44. The van der Waals surface area contributed by atoms with Gasteiger partial charge in [0.2, 0.25) is 6.79 Å². The van der Waals surface area contributed by atoms with E-state index in [4.69, 9.17) is 9.47 Å². The highest BCUT2D eigenvalue weighted by atomic mass is 19.4. The van der Waals surface area contributed by atoms with E-state index in [0.717, 1.165) is 12.1 Å². The summed E-state index contributed by atoms with van der Waals surface area (Å²) in [6.07, 6.45) is -3.01. The number of hydrazone groups is 1. The van der Waals surface area contributed by atoms with Crippen LogP contribution in [0.25, 0.3) is 0 Å². The van der Waals surface area contributed by atoms with E-state index in [2.05, 4.69) is 15.8 Å². The van der Waals surface area contributed by atoms with Crippen LogP contribution in [0.2, 0.25) is 0 Å². The van der Waals surface area contributed by atoms with Crippen molar-refractivity contribution in [2.45, 2.75) is 6.18 Å². The topological polar surface area (TPSA) is 72.0 Å². The lowest BCUT2D eigenvalue weighted by molar-refractivity contribution is -0.137. The molecule has 0 bridgehead atoms. The fourth-order valence-corrected chi connectivity index (χ4v) is 2.20. The summed E-state index contributed by atoms with van der Waals surface area (Å²) in [6.45, 7) is -0.0618. The zero-order valence-electron chi connectivity index (χ0n) is 13.3. The molecule has 0 aromatic heterocycles. The van der Waals surface area contributed by atoms with Crippen LogP contribution in [0.4, 0.5) is 18.9 Å². The van der Waals surface area contributed by atoms with Gasteiger partial charge in [-0.2, -0.15) is 18.3 Å². The van der Waals surface area contributed by atoms with Gasteiger partial charge in [-0.15, -0.1) is 0 Å². The zero-order chi connectivity index (χ0) is 18.6. The molecule has 2 aromatic carbocycles. The number of benzene rings is 2. The van der Waals surface area contributed by atoms with Crippen LogP contribution in [0.1, 0.15) is 11.1 Å². The summed E-state index contributed by atoms with van der Waals surface area (Å²) < 4.78 is 48.3. The molecule has 2 N–H and O–H groups in total. The maximum absolute atomic E-state index is 12.6. The summed E-state index contributed by atoms with van der Waals surface area (Å²) in [5, 5.41) is 6.41. The Hall–Kier alpha value is -3.23. The molecule has 0 unspecified atom stereocenters. The van der Waals surface area contributed by atoms with Crippen LogP contribution in [-0.4, -0.2) is 25.5 Å². The van der Waals surface area contributed by atoms with E-state index in [0.29, 0.717) is 17.1 Å². The summed E-state index contributed by atoms with van der Waals surface area (Å²) >= 11 is 0. The molecule has 1 aliphatic rings. The van der Waals surface area contributed by atoms with Crippen LogP contribution in [0.15, 0.2) is 47.6 Å². The first-order valence-corrected chi connectivity index (χ1v) is 7.54. The van der Waals surface area contributed by atoms with E-state index in [1.165, 1.54) is 18.3 Å². The molecular formula is C17H14F3N3O3. The predicted octanol–water partition coefficient (Wildman–Crippen LogP) is 3.00. The van der Waals surface area contributed by atoms with Gasteiger partial charge in [0.25, 0.3) is 5.91 Å². The number of nitrogens with one attached hydrogen (secondary N) is 2. The lowest BCUT2D eigenvalue weighted by atomic mass is 10.2. The molecule has 136 valence electrons. The molecular weight excluding hydrogens is 351 g/mol. The minimum atomic E-state index is -4.44. The van der Waals surface area contributed by atoms with Gasteiger partial charge in [0, 0.05) is 5.69 Å². The molecule has 0 atom stereocenters. The van der Waals surface area contributed by atoms with E-state index in [1.807, 2.05) is 0 Å². The van der Waals surface area contributed by atoms with Gasteiger partial charge in [-0.1, -0.05) is 6.07 Å². The Morgan fingerprint density at radius 2 is 1.96 bits per heavy atom. The molecule has 0 fully saturated rings. The van der Waals surface area contributed by atoms with Gasteiger partial charge in [0.15, 0.2) is 11.5 Å². The average molecular weight is 365 g/mol. The Kier molecular flexibility index (Phi) is 4.97. The first kappa shape index (κ1) is 17.6. The summed E-state index contributed by atoms with van der Waals surface area (Å²) in [5.74, 6) is 0.724. The van der Waals surface area contributed by atoms with Crippen molar-refractivity contribution in [1.29, 1.82) is 0 Å². The molecule has 9 heteroatoms. The molecule has 0 saturated carbocycles. The van der Waals surface area contributed by atoms with Gasteiger partial charge in [-0.3, -0.25) is 4.79 Å². The van der Waals surface area contributed by atoms with Crippen LogP contribution in [0.3, 0.4) is 0 Å². The predicted molar refractivity (Wildman–Crippen MR) is 88.2 cm³/mol. The van der Waals surface area contributed by atoms with E-state index >= 15 is 0 Å². The van der Waals surface area contributed by atoms with E-state index in [1.54, 1.807) is 18.2 Å². The molecule has 1 aliphatic heterocycles. The highest BCUT2D eigenvalue weighted by Crippen LogP contribution is 2.32. The number of ether oxygens (including phenoxy) is 2. The lowest BCUT2D eigenvalue weighted by Gasteiger charge is -2.10. The number of rotatable bonds is 5. The Balaban J connectivity index is 1.50. The fourth-order valence-electron chi connectivity index (χ4n) is 2.20. The fraction of sp³-hybridized carbons (Fsp3) is 0.176. The highest BCUT2D eigenvalue weighted by molar-refractivity contribution is 5.84. The third-order valence-corrected chi connectivity index (χ3v) is 3.44. The van der Waals surface area contributed by atoms with Crippen molar-refractivity contribution in [1.82, 2.24) is 5.43 Å². The standard InChI is InChI=1S/C17H14F3N3O3/c18-17(19,20)12-2-1-3-13(7-12)21-9-16(24)23-22-8-11-4-5-14-15(6-11)26-10-25-14/h1-8,21H,9-10H2,(H,23,24)/b22-8+. The van der Waals surface area contributed by atoms with Crippen molar-refractivity contribution in [3.63, 3.8) is 0 Å². The molecule has 6 nitrogen and oxygen atoms in total. The Morgan fingerprint density at radius 1 is 1.15 bits per heavy atom. The van der Waals surface area contributed by atoms with Crippen molar-refractivity contribution < 1.29 is 27.4 Å². The first-order chi connectivity index (χ1) is 12.4. The monoisotopic (exact) mass is 365 g/mol. The quantitative estimate of drug-likeness (QED) is 0.631. The highest BCUT2D eigenvalue weighted by Gasteiger charge is 2.30. The third-order valence-electron chi connectivity index (χ3n) is 3.44. The number of amides is 1. The molecule has 0 radical (unpaired) electrons. The number of anilines is 1. The van der Waals surface area contributed by atoms with E-state index in [9.17, 15) is 18.0 Å². The van der Waals surface area contributed by atoms with Crippen molar-refractivity contribution in [2.75, 3.05) is 18.7 Å². The van der Waals surface area contributed by atoms with Crippen LogP contribution < -0.4 is 20.2 Å². The second kappa shape index (κ2) is 7.34. The van der Waals surface area contributed by atoms with Crippen molar-refractivity contribution in [3.05, 3.63) is 53.6 Å². The Labute approximate surface area is 146 Å². The van der Waals surface area contributed by atoms with Crippen LogP contribution >= 0.6 is 0 Å². The number of halogens is 3. The first-order valence-electron chi connectivity index (χ1n) is 7.54. The second-order valence-corrected chi connectivity index (χ2v) is 5.34. The molecule has 2 aromatic rings. The summed E-state index contributed by atoms with van der Waals surface area (Å²) in [7, 11) is 0. The number of hydrogen-bond acceptors (Lipinski definition) is 5. The number of fused-ring (bicyclic) bond motifs is 1. The minimum Gasteiger partial charge on any atom is -0.454 e. The normalized spacial score (nSPS) is 13.0. The van der Waals surface area contributed by atoms with E-state index < -0.39 is 17.6 Å². The summed E-state index contributed by atoms with van der Waals surface area (Å²) in [5.41, 5.74) is 2.38. The van der Waals surface area contributed by atoms with Gasteiger partial charge < -0.3 is 14.8 Å². The van der Waals surface area contributed by atoms with E-state index in [-0.39, 0.29) is 19.0 Å². The smallest absolute Gasteiger partial charge is 0.416 e. The lowest BCUT2D eigenvalue weighted by Crippen LogP contribution is -2.26. The largest absolute Gasteiger partial charge is 0.454 e. The Bertz CT molecular complexity index is 837. The van der Waals surface area contributed by atoms with Gasteiger partial charge in [0.1, 0.15) is 0 Å². The maximum atomic E-state index is 12.6. The molecule has 0 aliphatic carbocycles. The van der Waals surface area contributed by atoms with Crippen LogP contribution in [0.5, 0.6) is 11.5 Å². The number of hydrogen-bond donors (Lipinski definition) is 2. The minimum absolute atomic E-state index is 0.161. The molecule has 3 rings (SSSR count). The molecule has 0 spiro atoms. The SMILES string of the molecule is O=C(CNc1cccc(C(F)(F)F)c1)N/N=C/c1ccc2c(c1)OCO2. The summed E-state index contributed by atoms with van der Waals surface area (Å²) in [6, 6.07) is 9.77. The number of carbonyl (C=O) groups excluding carboxylic acids is 1. The van der Waals surface area contributed by atoms with Gasteiger partial charge in [-0.25, -0.2) is 5.43 Å². The molecule has 0 saturated heterocycles. The van der Waals surface area contributed by atoms with Gasteiger partial charge >= 0.3 is 6.18 Å². The van der Waals surface area contributed by atoms with Crippen molar-refractivity contribution >= 4 is 17.8 Å². The van der Waals surface area contributed by atoms with Crippen molar-refractivity contribution in [2.24, 2.45) is 5.10 Å². The molecule has 1 heterocycles. The number of carbonyl (C=O) groups is 1. The maximum Gasteiger partial charge on any atom is 0.416 e. The molecule has 26 heavy (non-hydrogen) atoms. The second-order valence-electron chi connectivity index (χ2n) is 5.34. The summed E-state index contributed by atoms with van der Waals surface area (Å²) in [4.78, 5) is 11.7. The van der Waals surface area contributed by atoms with Crippen LogP contribution in [-0.2, 0) is 11.0 Å². The molecule has 1 amide bonds. The van der Waals surface area contributed by atoms with Crippen LogP contribution in [0, 0.1) is 0 Å².